The van der Waals surface area contributed by atoms with Gasteiger partial charge < -0.3 is 10.1 Å². The maximum absolute atomic E-state index is 12.8. The van der Waals surface area contributed by atoms with E-state index in [9.17, 15) is 18.0 Å². The quantitative estimate of drug-likeness (QED) is 0.366. The smallest absolute Gasteiger partial charge is 0.416 e. The van der Waals surface area contributed by atoms with E-state index in [2.05, 4.69) is 20.8 Å². The Hall–Kier alpha value is -3.11. The van der Waals surface area contributed by atoms with Crippen molar-refractivity contribution in [1.82, 2.24) is 10.4 Å². The van der Waals surface area contributed by atoms with Crippen molar-refractivity contribution in [3.8, 4) is 5.75 Å². The van der Waals surface area contributed by atoms with Crippen molar-refractivity contribution in [1.29, 1.82) is 0 Å². The molecule has 3 rings (SSSR count). The number of anilines is 2. The number of nitrogens with one attached hydrogen (secondary N) is 2. The summed E-state index contributed by atoms with van der Waals surface area (Å²) in [6, 6.07) is 9.78. The summed E-state index contributed by atoms with van der Waals surface area (Å²) in [4.78, 5) is 16.3. The summed E-state index contributed by atoms with van der Waals surface area (Å²) < 4.78 is 43.6. The minimum absolute atomic E-state index is 0.0508. The van der Waals surface area contributed by atoms with Crippen molar-refractivity contribution < 1.29 is 22.7 Å². The number of carbonyl (C=O) groups excluding carboxylic acids is 1. The molecular weight excluding hydrogens is 453 g/mol. The Bertz CT molecular complexity index is 1100. The summed E-state index contributed by atoms with van der Waals surface area (Å²) in [6.07, 6.45) is -3.07. The number of carbonyl (C=O) groups is 1. The molecule has 0 bridgehead atoms. The Morgan fingerprint density at radius 3 is 2.84 bits per heavy atom. The van der Waals surface area contributed by atoms with Crippen LogP contribution in [-0.4, -0.2) is 24.2 Å². The van der Waals surface area contributed by atoms with E-state index in [0.29, 0.717) is 27.2 Å². The number of hydrogen-bond donors (Lipinski definition) is 2. The van der Waals surface area contributed by atoms with Crippen molar-refractivity contribution in [3.63, 3.8) is 0 Å². The van der Waals surface area contributed by atoms with Crippen molar-refractivity contribution >= 4 is 45.9 Å². The van der Waals surface area contributed by atoms with Gasteiger partial charge in [-0.3, -0.25) is 4.79 Å². The topological polar surface area (TPSA) is 75.6 Å². The van der Waals surface area contributed by atoms with Crippen LogP contribution in [0.4, 0.5) is 24.0 Å². The zero-order valence-corrected chi connectivity index (χ0v) is 17.6. The fourth-order valence-electron chi connectivity index (χ4n) is 2.53. The minimum Gasteiger partial charge on any atom is -0.496 e. The van der Waals surface area contributed by atoms with Crippen LogP contribution in [0.25, 0.3) is 0 Å². The molecule has 0 aliphatic carbocycles. The number of methoxy groups -OCH3 is 1. The molecule has 0 aliphatic rings. The van der Waals surface area contributed by atoms with Crippen LogP contribution in [-0.2, 0) is 17.4 Å². The van der Waals surface area contributed by atoms with E-state index >= 15 is 0 Å². The third-order valence-corrected chi connectivity index (χ3v) is 4.96. The number of hydrogen-bond acceptors (Lipinski definition) is 6. The Balaban J connectivity index is 1.57. The number of rotatable bonds is 7. The van der Waals surface area contributed by atoms with Gasteiger partial charge in [0.1, 0.15) is 5.75 Å². The summed E-state index contributed by atoms with van der Waals surface area (Å²) in [6.45, 7) is 0. The van der Waals surface area contributed by atoms with Gasteiger partial charge in [-0.2, -0.15) is 18.3 Å². The van der Waals surface area contributed by atoms with Gasteiger partial charge in [-0.1, -0.05) is 17.7 Å². The highest BCUT2D eigenvalue weighted by Gasteiger charge is 2.30. The summed E-state index contributed by atoms with van der Waals surface area (Å²) in [7, 11) is 1.51. The number of hydrazone groups is 1. The minimum atomic E-state index is -4.43. The van der Waals surface area contributed by atoms with Gasteiger partial charge in [-0.25, -0.2) is 10.4 Å². The first-order valence-electron chi connectivity index (χ1n) is 8.79. The Labute approximate surface area is 184 Å². The molecule has 1 amide bonds. The van der Waals surface area contributed by atoms with Crippen LogP contribution in [0.2, 0.25) is 5.02 Å². The van der Waals surface area contributed by atoms with Gasteiger partial charge in [0.05, 0.1) is 31.0 Å². The molecule has 162 valence electrons. The lowest BCUT2D eigenvalue weighted by Crippen LogP contribution is -2.20. The van der Waals surface area contributed by atoms with Crippen molar-refractivity contribution in [2.24, 2.45) is 5.10 Å². The number of amides is 1. The number of aromatic nitrogens is 1. The summed E-state index contributed by atoms with van der Waals surface area (Å²) in [5.41, 5.74) is 2.92. The highest BCUT2D eigenvalue weighted by molar-refractivity contribution is 7.13. The zero-order chi connectivity index (χ0) is 22.4. The predicted octanol–water partition coefficient (Wildman–Crippen LogP) is 5.26. The lowest BCUT2D eigenvalue weighted by Gasteiger charge is -2.08. The second kappa shape index (κ2) is 9.80. The molecule has 31 heavy (non-hydrogen) atoms. The molecule has 0 unspecified atom stereocenters. The number of thiazole rings is 1. The number of alkyl halides is 3. The molecular formula is C20H16ClF3N4O2S. The largest absolute Gasteiger partial charge is 0.496 e. The van der Waals surface area contributed by atoms with Crippen LogP contribution >= 0.6 is 22.9 Å². The van der Waals surface area contributed by atoms with Gasteiger partial charge in [-0.05, 0) is 36.4 Å². The molecule has 2 aromatic carbocycles. The average Bonchev–Trinajstić information content (AvgIpc) is 3.14. The van der Waals surface area contributed by atoms with E-state index in [-0.39, 0.29) is 12.1 Å². The summed E-state index contributed by atoms with van der Waals surface area (Å²) in [5.74, 6) is 0.139. The molecule has 0 spiro atoms. The highest BCUT2D eigenvalue weighted by Crippen LogP contribution is 2.31. The molecule has 1 aromatic heterocycles. The van der Waals surface area contributed by atoms with Crippen LogP contribution in [0.1, 0.15) is 16.8 Å². The predicted molar refractivity (Wildman–Crippen MR) is 114 cm³/mol. The molecule has 11 heteroatoms. The van der Waals surface area contributed by atoms with Gasteiger partial charge in [0.25, 0.3) is 0 Å². The van der Waals surface area contributed by atoms with Gasteiger partial charge >= 0.3 is 6.18 Å². The van der Waals surface area contributed by atoms with E-state index in [4.69, 9.17) is 16.3 Å². The van der Waals surface area contributed by atoms with E-state index in [0.717, 1.165) is 12.1 Å². The Morgan fingerprint density at radius 1 is 1.29 bits per heavy atom. The molecule has 0 saturated carbocycles. The normalized spacial score (nSPS) is 11.5. The lowest BCUT2D eigenvalue weighted by atomic mass is 10.2. The Morgan fingerprint density at radius 2 is 2.10 bits per heavy atom. The monoisotopic (exact) mass is 468 g/mol. The van der Waals surface area contributed by atoms with E-state index < -0.39 is 17.6 Å². The van der Waals surface area contributed by atoms with Crippen LogP contribution in [0, 0.1) is 0 Å². The Kier molecular flexibility index (Phi) is 7.13. The first kappa shape index (κ1) is 22.6. The number of nitrogens with zero attached hydrogens (tertiary/aromatic N) is 2. The van der Waals surface area contributed by atoms with Crippen molar-refractivity contribution in [2.75, 3.05) is 12.4 Å². The molecule has 3 aromatic rings. The summed E-state index contributed by atoms with van der Waals surface area (Å²) >= 11 is 7.11. The first-order valence-corrected chi connectivity index (χ1v) is 10.0. The van der Waals surface area contributed by atoms with Crippen LogP contribution in [0.5, 0.6) is 5.75 Å². The van der Waals surface area contributed by atoms with Gasteiger partial charge in [-0.15, -0.1) is 11.3 Å². The van der Waals surface area contributed by atoms with Crippen molar-refractivity contribution in [2.45, 2.75) is 12.6 Å². The molecule has 0 atom stereocenters. The first-order chi connectivity index (χ1) is 14.7. The highest BCUT2D eigenvalue weighted by atomic mass is 35.5. The average molecular weight is 469 g/mol. The van der Waals surface area contributed by atoms with Gasteiger partial charge in [0, 0.05) is 21.7 Å². The maximum Gasteiger partial charge on any atom is 0.416 e. The molecule has 1 heterocycles. The molecule has 0 saturated heterocycles. The third-order valence-electron chi connectivity index (χ3n) is 3.92. The van der Waals surface area contributed by atoms with E-state index in [1.165, 1.54) is 36.8 Å². The van der Waals surface area contributed by atoms with E-state index in [1.54, 1.807) is 23.6 Å². The molecule has 0 aliphatic heterocycles. The number of ether oxygens (including phenoxy) is 1. The zero-order valence-electron chi connectivity index (χ0n) is 16.0. The van der Waals surface area contributed by atoms with Crippen LogP contribution < -0.4 is 15.5 Å². The standard InChI is InChI=1S/C20H16ClF3N4O2S/c1-30-17-6-5-14(21)7-12(17)10-25-28-18(29)9-16-11-31-19(27-16)26-15-4-2-3-13(8-15)20(22,23)24/h2-8,10-11H,9H2,1H3,(H,26,27)(H,28,29)/b25-10-. The van der Waals surface area contributed by atoms with Crippen LogP contribution in [0.3, 0.4) is 0 Å². The molecule has 0 fully saturated rings. The number of benzene rings is 2. The molecule has 0 radical (unpaired) electrons. The summed E-state index contributed by atoms with van der Waals surface area (Å²) in [5, 5.41) is 9.20. The van der Waals surface area contributed by atoms with E-state index in [1.807, 2.05) is 0 Å². The van der Waals surface area contributed by atoms with Gasteiger partial charge in [0.15, 0.2) is 5.13 Å². The second-order valence-corrected chi connectivity index (χ2v) is 7.50. The van der Waals surface area contributed by atoms with Crippen molar-refractivity contribution in [3.05, 3.63) is 69.7 Å². The SMILES string of the molecule is COc1ccc(Cl)cc1/C=N\NC(=O)Cc1csc(Nc2cccc(C(F)(F)F)c2)n1. The fraction of sp³-hybridized carbons (Fsp3) is 0.150. The van der Waals surface area contributed by atoms with Crippen LogP contribution in [0.15, 0.2) is 52.9 Å². The number of halogens is 4. The third kappa shape index (κ3) is 6.43. The van der Waals surface area contributed by atoms with Gasteiger partial charge in [0.2, 0.25) is 5.91 Å². The fourth-order valence-corrected chi connectivity index (χ4v) is 3.44. The second-order valence-electron chi connectivity index (χ2n) is 6.20. The maximum atomic E-state index is 12.8. The lowest BCUT2D eigenvalue weighted by molar-refractivity contribution is -0.137. The molecule has 6 nitrogen and oxygen atoms in total. The molecule has 2 N–H and O–H groups in total.